The maximum Gasteiger partial charge on any atom is 0.329 e. The van der Waals surface area contributed by atoms with E-state index in [0.717, 1.165) is 24.5 Å². The zero-order chi connectivity index (χ0) is 12.8. The average Bonchev–Trinajstić information content (AvgIpc) is 2.54. The van der Waals surface area contributed by atoms with Crippen LogP contribution in [0.25, 0.3) is 0 Å². The van der Waals surface area contributed by atoms with Gasteiger partial charge in [0, 0.05) is 6.42 Å². The number of hydrogen-bond acceptors (Lipinski definition) is 3. The van der Waals surface area contributed by atoms with Gasteiger partial charge in [0.2, 0.25) is 0 Å². The molecule has 3 rings (SSSR count). The minimum Gasteiger partial charge on any atom is -0.479 e. The fourth-order valence-electron chi connectivity index (χ4n) is 3.10. The molecule has 0 spiro atoms. The van der Waals surface area contributed by atoms with Gasteiger partial charge in [-0.3, -0.25) is 4.57 Å². The van der Waals surface area contributed by atoms with Crippen LogP contribution in [0.1, 0.15) is 50.2 Å². The maximum atomic E-state index is 11.6. The smallest absolute Gasteiger partial charge is 0.329 e. The van der Waals surface area contributed by atoms with E-state index in [1.54, 1.807) is 0 Å². The molecule has 5 nitrogen and oxygen atoms in total. The van der Waals surface area contributed by atoms with E-state index >= 15 is 0 Å². The number of aliphatic carboxylic acids is 1. The normalized spacial score (nSPS) is 22.3. The molecule has 5 heteroatoms. The van der Waals surface area contributed by atoms with Crippen molar-refractivity contribution >= 4 is 5.97 Å². The molecule has 0 unspecified atom stereocenters. The third kappa shape index (κ3) is 1.56. The Labute approximate surface area is 106 Å². The summed E-state index contributed by atoms with van der Waals surface area (Å²) in [5.74, 6) is 1.57. The Morgan fingerprint density at radius 2 is 2.11 bits per heavy atom. The van der Waals surface area contributed by atoms with Gasteiger partial charge in [-0.05, 0) is 32.1 Å². The molecule has 0 aromatic carbocycles. The van der Waals surface area contributed by atoms with Crippen LogP contribution in [-0.4, -0.2) is 25.8 Å². The molecule has 2 aliphatic rings. The quantitative estimate of drug-likeness (QED) is 0.884. The van der Waals surface area contributed by atoms with Gasteiger partial charge in [-0.2, -0.15) is 0 Å². The van der Waals surface area contributed by atoms with E-state index in [1.807, 2.05) is 11.5 Å². The van der Waals surface area contributed by atoms with Crippen LogP contribution in [0.4, 0.5) is 0 Å². The molecule has 18 heavy (non-hydrogen) atoms. The molecule has 0 radical (unpaired) electrons. The first-order chi connectivity index (χ1) is 8.63. The van der Waals surface area contributed by atoms with Crippen molar-refractivity contribution in [2.45, 2.75) is 57.4 Å². The molecule has 2 fully saturated rings. The Kier molecular flexibility index (Phi) is 2.64. The monoisotopic (exact) mass is 249 g/mol. The van der Waals surface area contributed by atoms with Crippen LogP contribution in [0.5, 0.6) is 0 Å². The molecular formula is C13H19N3O2. The van der Waals surface area contributed by atoms with E-state index in [1.165, 1.54) is 19.3 Å². The Hall–Kier alpha value is -1.39. The molecule has 1 aromatic rings. The van der Waals surface area contributed by atoms with Crippen LogP contribution in [0.2, 0.25) is 0 Å². The van der Waals surface area contributed by atoms with Crippen molar-refractivity contribution in [3.05, 3.63) is 11.6 Å². The fourth-order valence-corrected chi connectivity index (χ4v) is 3.10. The molecular weight excluding hydrogens is 230 g/mol. The highest BCUT2D eigenvalue weighted by molar-refractivity contribution is 5.78. The van der Waals surface area contributed by atoms with E-state index in [2.05, 4.69) is 10.2 Å². The van der Waals surface area contributed by atoms with E-state index in [9.17, 15) is 9.90 Å². The summed E-state index contributed by atoms with van der Waals surface area (Å²) in [6.45, 7) is 1.86. The summed E-state index contributed by atoms with van der Waals surface area (Å²) in [7, 11) is 0. The van der Waals surface area contributed by atoms with Crippen molar-refractivity contribution in [1.82, 2.24) is 14.8 Å². The lowest BCUT2D eigenvalue weighted by atomic mass is 9.75. The summed E-state index contributed by atoms with van der Waals surface area (Å²) in [6, 6.07) is 0. The third-order valence-corrected chi connectivity index (χ3v) is 4.59. The predicted octanol–water partition coefficient (Wildman–Crippen LogP) is 1.89. The standard InChI is InChI=1S/C13H19N3O2/c1-9-14-15-11(8-10-4-2-5-10)16(9)13(12(17)18)6-3-7-13/h10H,2-8H2,1H3,(H,17,18). The molecule has 1 heterocycles. The second-order valence-electron chi connectivity index (χ2n) is 5.69. The number of aromatic nitrogens is 3. The molecule has 2 saturated carbocycles. The summed E-state index contributed by atoms with van der Waals surface area (Å²) in [6.07, 6.45) is 7.06. The van der Waals surface area contributed by atoms with Gasteiger partial charge >= 0.3 is 5.97 Å². The van der Waals surface area contributed by atoms with Crippen molar-refractivity contribution < 1.29 is 9.90 Å². The van der Waals surface area contributed by atoms with Gasteiger partial charge in [-0.25, -0.2) is 4.79 Å². The molecule has 98 valence electrons. The van der Waals surface area contributed by atoms with Crippen LogP contribution in [0.15, 0.2) is 0 Å². The Bertz CT molecular complexity index is 473. The highest BCUT2D eigenvalue weighted by Gasteiger charge is 2.48. The van der Waals surface area contributed by atoms with Crippen LogP contribution in [0, 0.1) is 12.8 Å². The van der Waals surface area contributed by atoms with Crippen LogP contribution >= 0.6 is 0 Å². The van der Waals surface area contributed by atoms with Gasteiger partial charge in [-0.15, -0.1) is 10.2 Å². The lowest BCUT2D eigenvalue weighted by Crippen LogP contribution is -2.49. The summed E-state index contributed by atoms with van der Waals surface area (Å²) in [5.41, 5.74) is -0.757. The minimum absolute atomic E-state index is 0.679. The second kappa shape index (κ2) is 4.07. The molecule has 0 amide bonds. The lowest BCUT2D eigenvalue weighted by Gasteiger charge is -2.40. The largest absolute Gasteiger partial charge is 0.479 e. The van der Waals surface area contributed by atoms with Gasteiger partial charge in [0.25, 0.3) is 0 Å². The molecule has 0 aliphatic heterocycles. The summed E-state index contributed by atoms with van der Waals surface area (Å²) >= 11 is 0. The van der Waals surface area contributed by atoms with Crippen LogP contribution in [0.3, 0.4) is 0 Å². The van der Waals surface area contributed by atoms with Crippen molar-refractivity contribution in [2.75, 3.05) is 0 Å². The first-order valence-electron chi connectivity index (χ1n) is 6.78. The predicted molar refractivity (Wildman–Crippen MR) is 65.3 cm³/mol. The van der Waals surface area contributed by atoms with Gasteiger partial charge < -0.3 is 5.11 Å². The zero-order valence-electron chi connectivity index (χ0n) is 10.7. The molecule has 2 aliphatic carbocycles. The maximum absolute atomic E-state index is 11.6. The van der Waals surface area contributed by atoms with E-state index in [-0.39, 0.29) is 0 Å². The Balaban J connectivity index is 1.94. The van der Waals surface area contributed by atoms with Gasteiger partial charge in [0.15, 0.2) is 0 Å². The second-order valence-corrected chi connectivity index (χ2v) is 5.69. The summed E-state index contributed by atoms with van der Waals surface area (Å²) in [4.78, 5) is 11.6. The van der Waals surface area contributed by atoms with Gasteiger partial charge in [0.05, 0.1) is 0 Å². The number of carboxylic acids is 1. The van der Waals surface area contributed by atoms with Gasteiger partial charge in [0.1, 0.15) is 17.2 Å². The lowest BCUT2D eigenvalue weighted by molar-refractivity contribution is -0.152. The first kappa shape index (κ1) is 11.7. The molecule has 0 atom stereocenters. The number of nitrogens with zero attached hydrogens (tertiary/aromatic N) is 3. The fraction of sp³-hybridized carbons (Fsp3) is 0.769. The number of carboxylic acid groups (broad SMARTS) is 1. The Morgan fingerprint density at radius 3 is 2.56 bits per heavy atom. The molecule has 1 aromatic heterocycles. The van der Waals surface area contributed by atoms with Gasteiger partial charge in [-0.1, -0.05) is 19.3 Å². The SMILES string of the molecule is Cc1nnc(CC2CCC2)n1C1(C(=O)O)CCC1. The van der Waals surface area contributed by atoms with Crippen LogP contribution < -0.4 is 0 Å². The van der Waals surface area contributed by atoms with E-state index in [4.69, 9.17) is 0 Å². The number of hydrogen-bond donors (Lipinski definition) is 1. The first-order valence-corrected chi connectivity index (χ1v) is 6.78. The number of carbonyl (C=O) groups is 1. The zero-order valence-corrected chi connectivity index (χ0v) is 10.7. The van der Waals surface area contributed by atoms with Crippen LogP contribution in [-0.2, 0) is 16.8 Å². The summed E-state index contributed by atoms with van der Waals surface area (Å²) < 4.78 is 1.90. The minimum atomic E-state index is -0.757. The third-order valence-electron chi connectivity index (χ3n) is 4.59. The highest BCUT2D eigenvalue weighted by Crippen LogP contribution is 2.41. The summed E-state index contributed by atoms with van der Waals surface area (Å²) in [5, 5.41) is 17.9. The number of aryl methyl sites for hydroxylation is 1. The topological polar surface area (TPSA) is 68.0 Å². The van der Waals surface area contributed by atoms with Crippen molar-refractivity contribution in [3.8, 4) is 0 Å². The van der Waals surface area contributed by atoms with Crippen molar-refractivity contribution in [3.63, 3.8) is 0 Å². The molecule has 0 saturated heterocycles. The molecule has 0 bridgehead atoms. The number of rotatable bonds is 4. The van der Waals surface area contributed by atoms with E-state index in [0.29, 0.717) is 18.8 Å². The molecule has 1 N–H and O–H groups in total. The van der Waals surface area contributed by atoms with Crippen molar-refractivity contribution in [2.24, 2.45) is 5.92 Å². The highest BCUT2D eigenvalue weighted by atomic mass is 16.4. The van der Waals surface area contributed by atoms with Crippen molar-refractivity contribution in [1.29, 1.82) is 0 Å². The Morgan fingerprint density at radius 1 is 1.39 bits per heavy atom. The van der Waals surface area contributed by atoms with E-state index < -0.39 is 11.5 Å². The average molecular weight is 249 g/mol.